The number of carboxylic acid groups (broad SMARTS) is 1. The zero-order valence-corrected chi connectivity index (χ0v) is 10.6. The van der Waals surface area contributed by atoms with Crippen molar-refractivity contribution in [3.05, 3.63) is 17.0 Å². The summed E-state index contributed by atoms with van der Waals surface area (Å²) in [5.74, 6) is -0.746. The van der Waals surface area contributed by atoms with Gasteiger partial charge < -0.3 is 20.3 Å². The van der Waals surface area contributed by atoms with Crippen LogP contribution in [0.2, 0.25) is 0 Å². The molecule has 0 bridgehead atoms. The number of aryl methyl sites for hydroxylation is 2. The Hall–Kier alpha value is -1.89. The summed E-state index contributed by atoms with van der Waals surface area (Å²) in [5.41, 5.74) is 1.67. The molecule has 1 aromatic rings. The van der Waals surface area contributed by atoms with E-state index < -0.39 is 12.0 Å². The van der Waals surface area contributed by atoms with Crippen molar-refractivity contribution in [3.8, 4) is 0 Å². The van der Waals surface area contributed by atoms with Gasteiger partial charge in [0.15, 0.2) is 0 Å². The van der Waals surface area contributed by atoms with Crippen molar-refractivity contribution in [2.75, 3.05) is 6.54 Å². The molecule has 0 fully saturated rings. The zero-order valence-electron chi connectivity index (χ0n) is 10.6. The average molecular weight is 255 g/mol. The van der Waals surface area contributed by atoms with E-state index in [-0.39, 0.29) is 12.5 Å². The van der Waals surface area contributed by atoms with E-state index >= 15 is 0 Å². The van der Waals surface area contributed by atoms with Crippen LogP contribution in [0.5, 0.6) is 0 Å². The van der Waals surface area contributed by atoms with Crippen LogP contribution >= 0.6 is 0 Å². The molecule has 7 heteroatoms. The van der Waals surface area contributed by atoms with Crippen molar-refractivity contribution in [2.45, 2.75) is 33.4 Å². The number of aliphatic carboxylic acids is 1. The largest absolute Gasteiger partial charge is 0.480 e. The van der Waals surface area contributed by atoms with Crippen molar-refractivity contribution in [2.24, 2.45) is 0 Å². The molecule has 1 unspecified atom stereocenters. The molecule has 100 valence electrons. The van der Waals surface area contributed by atoms with Gasteiger partial charge in [0.1, 0.15) is 11.8 Å². The molecule has 18 heavy (non-hydrogen) atoms. The first-order valence-electron chi connectivity index (χ1n) is 5.54. The maximum Gasteiger partial charge on any atom is 0.327 e. The molecule has 0 radical (unpaired) electrons. The van der Waals surface area contributed by atoms with Gasteiger partial charge in [-0.05, 0) is 13.8 Å². The second-order valence-electron chi connectivity index (χ2n) is 4.02. The van der Waals surface area contributed by atoms with Gasteiger partial charge in [0.2, 0.25) is 5.91 Å². The number of hydrogen-bond acceptors (Lipinski definition) is 5. The molecule has 1 heterocycles. The molecular weight excluding hydrogens is 238 g/mol. The van der Waals surface area contributed by atoms with E-state index in [4.69, 9.17) is 9.63 Å². The minimum absolute atomic E-state index is 0.138. The highest BCUT2D eigenvalue weighted by Gasteiger charge is 2.18. The maximum atomic E-state index is 10.9. The summed E-state index contributed by atoms with van der Waals surface area (Å²) in [5, 5.41) is 18.0. The highest BCUT2D eigenvalue weighted by atomic mass is 16.5. The monoisotopic (exact) mass is 255 g/mol. The molecule has 0 aliphatic carbocycles. The molecule has 0 aliphatic heterocycles. The molecule has 7 nitrogen and oxygen atoms in total. The van der Waals surface area contributed by atoms with Gasteiger partial charge in [0.25, 0.3) is 0 Å². The Balaban J connectivity index is 2.49. The van der Waals surface area contributed by atoms with Gasteiger partial charge in [-0.25, -0.2) is 4.79 Å². The van der Waals surface area contributed by atoms with Gasteiger partial charge >= 0.3 is 5.97 Å². The van der Waals surface area contributed by atoms with Crippen LogP contribution in [0.25, 0.3) is 0 Å². The molecule has 1 rings (SSSR count). The van der Waals surface area contributed by atoms with Crippen molar-refractivity contribution < 1.29 is 19.2 Å². The van der Waals surface area contributed by atoms with E-state index in [1.165, 1.54) is 6.92 Å². The summed E-state index contributed by atoms with van der Waals surface area (Å²) in [6.45, 7) is 5.48. The van der Waals surface area contributed by atoms with Crippen LogP contribution in [0.15, 0.2) is 4.52 Å². The van der Waals surface area contributed by atoms with Crippen molar-refractivity contribution >= 4 is 11.9 Å². The summed E-state index contributed by atoms with van der Waals surface area (Å²) >= 11 is 0. The molecule has 1 amide bonds. The van der Waals surface area contributed by atoms with Crippen molar-refractivity contribution in [1.82, 2.24) is 15.8 Å². The van der Waals surface area contributed by atoms with Crippen LogP contribution in [-0.4, -0.2) is 34.7 Å². The maximum absolute atomic E-state index is 10.9. The second-order valence-corrected chi connectivity index (χ2v) is 4.02. The lowest BCUT2D eigenvalue weighted by molar-refractivity contribution is -0.141. The van der Waals surface area contributed by atoms with Gasteiger partial charge in [-0.15, -0.1) is 0 Å². The zero-order chi connectivity index (χ0) is 13.7. The Kier molecular flexibility index (Phi) is 4.85. The summed E-state index contributed by atoms with van der Waals surface area (Å²) in [6, 6.07) is -0.942. The number of aromatic nitrogens is 1. The topological polar surface area (TPSA) is 104 Å². The quantitative estimate of drug-likeness (QED) is 0.659. The first-order valence-corrected chi connectivity index (χ1v) is 5.54. The lowest BCUT2D eigenvalue weighted by Crippen LogP contribution is -2.46. The Labute approximate surface area is 105 Å². The third-order valence-corrected chi connectivity index (χ3v) is 2.51. The molecule has 0 aliphatic rings. The molecule has 1 atom stereocenters. The summed E-state index contributed by atoms with van der Waals surface area (Å²) in [6.07, 6.45) is 0. The van der Waals surface area contributed by atoms with Crippen LogP contribution in [0.3, 0.4) is 0 Å². The summed E-state index contributed by atoms with van der Waals surface area (Å²) in [4.78, 5) is 21.7. The molecule has 0 aromatic carbocycles. The number of rotatable bonds is 6. The number of nitrogens with zero attached hydrogens (tertiary/aromatic N) is 1. The van der Waals surface area contributed by atoms with E-state index in [1.54, 1.807) is 6.92 Å². The normalized spacial score (nSPS) is 12.2. The Morgan fingerprint density at radius 1 is 1.44 bits per heavy atom. The van der Waals surface area contributed by atoms with Gasteiger partial charge in [0, 0.05) is 25.6 Å². The summed E-state index contributed by atoms with van der Waals surface area (Å²) in [7, 11) is 0. The number of carbonyl (C=O) groups excluding carboxylic acids is 1. The fourth-order valence-electron chi connectivity index (χ4n) is 1.54. The van der Waals surface area contributed by atoms with Crippen molar-refractivity contribution in [3.63, 3.8) is 0 Å². The SMILES string of the molecule is CC(=O)NC(CNCc1c(C)noc1C)C(=O)O. The van der Waals surface area contributed by atoms with Gasteiger partial charge in [-0.1, -0.05) is 5.16 Å². The lowest BCUT2D eigenvalue weighted by Gasteiger charge is -2.13. The molecule has 0 spiro atoms. The Morgan fingerprint density at radius 2 is 2.11 bits per heavy atom. The third-order valence-electron chi connectivity index (χ3n) is 2.51. The highest BCUT2D eigenvalue weighted by Crippen LogP contribution is 2.11. The van der Waals surface area contributed by atoms with Gasteiger partial charge in [-0.3, -0.25) is 4.79 Å². The number of amides is 1. The van der Waals surface area contributed by atoms with E-state index in [2.05, 4.69) is 15.8 Å². The molecule has 0 saturated heterocycles. The third kappa shape index (κ3) is 3.85. The van der Waals surface area contributed by atoms with E-state index in [9.17, 15) is 9.59 Å². The predicted octanol–water partition coefficient (Wildman–Crippen LogP) is -0.0297. The smallest absolute Gasteiger partial charge is 0.327 e. The summed E-state index contributed by atoms with van der Waals surface area (Å²) < 4.78 is 4.99. The minimum atomic E-state index is -1.07. The molecule has 3 N–H and O–H groups in total. The van der Waals surface area contributed by atoms with Gasteiger partial charge in [0.05, 0.1) is 5.69 Å². The number of hydrogen-bond donors (Lipinski definition) is 3. The number of carboxylic acids is 1. The Morgan fingerprint density at radius 3 is 2.56 bits per heavy atom. The second kappa shape index (κ2) is 6.15. The molecule has 0 saturated carbocycles. The predicted molar refractivity (Wildman–Crippen MR) is 62.9 cm³/mol. The molecular formula is C11H17N3O4. The minimum Gasteiger partial charge on any atom is -0.480 e. The average Bonchev–Trinajstić information content (AvgIpc) is 2.58. The first kappa shape index (κ1) is 14.2. The van der Waals surface area contributed by atoms with E-state index in [0.29, 0.717) is 12.3 Å². The first-order chi connectivity index (χ1) is 8.41. The van der Waals surface area contributed by atoms with E-state index in [1.807, 2.05) is 6.92 Å². The highest BCUT2D eigenvalue weighted by molar-refractivity contribution is 5.82. The van der Waals surface area contributed by atoms with Crippen LogP contribution in [0.1, 0.15) is 23.9 Å². The molecule has 1 aromatic heterocycles. The fourth-order valence-corrected chi connectivity index (χ4v) is 1.54. The van der Waals surface area contributed by atoms with Crippen LogP contribution in [0, 0.1) is 13.8 Å². The van der Waals surface area contributed by atoms with Crippen LogP contribution in [-0.2, 0) is 16.1 Å². The lowest BCUT2D eigenvalue weighted by atomic mass is 10.2. The van der Waals surface area contributed by atoms with Crippen LogP contribution < -0.4 is 10.6 Å². The van der Waals surface area contributed by atoms with Crippen LogP contribution in [0.4, 0.5) is 0 Å². The van der Waals surface area contributed by atoms with Gasteiger partial charge in [-0.2, -0.15) is 0 Å². The standard InChI is InChI=1S/C11H17N3O4/c1-6-9(7(2)18-14-6)4-12-5-10(11(16)17)13-8(3)15/h10,12H,4-5H2,1-3H3,(H,13,15)(H,16,17). The Bertz CT molecular complexity index is 422. The fraction of sp³-hybridized carbons (Fsp3) is 0.545. The van der Waals surface area contributed by atoms with E-state index in [0.717, 1.165) is 11.3 Å². The number of nitrogens with one attached hydrogen (secondary N) is 2. The number of carbonyl (C=O) groups is 2. The van der Waals surface area contributed by atoms with Crippen molar-refractivity contribution in [1.29, 1.82) is 0 Å².